The molecule has 2 heterocycles. The molecule has 0 bridgehead atoms. The fourth-order valence-corrected chi connectivity index (χ4v) is 3.76. The molecule has 0 saturated carbocycles. The van der Waals surface area contributed by atoms with Crippen molar-refractivity contribution in [1.29, 1.82) is 0 Å². The molecule has 33 heavy (non-hydrogen) atoms. The number of methoxy groups -OCH3 is 1. The molecule has 0 radical (unpaired) electrons. The van der Waals surface area contributed by atoms with Gasteiger partial charge in [0.1, 0.15) is 42.2 Å². The number of rotatable bonds is 8. The maximum Gasteiger partial charge on any atom is 0.181 e. The molecule has 3 aromatic rings. The summed E-state index contributed by atoms with van der Waals surface area (Å²) in [5, 5.41) is 26.3. The minimum atomic E-state index is -1.41. The quantitative estimate of drug-likeness (QED) is 0.387. The van der Waals surface area contributed by atoms with Crippen LogP contribution in [0.15, 0.2) is 36.7 Å². The largest absolute Gasteiger partial charge is 0.497 e. The van der Waals surface area contributed by atoms with Crippen molar-refractivity contribution in [3.63, 3.8) is 0 Å². The second-order valence-electron chi connectivity index (χ2n) is 7.58. The van der Waals surface area contributed by atoms with Crippen LogP contribution in [0.1, 0.15) is 6.42 Å². The van der Waals surface area contributed by atoms with E-state index in [2.05, 4.69) is 20.6 Å². The number of β-amino-alcohol motifs (C(OH)–C–C–N with tert-alkyl or cyclic N) is 1. The van der Waals surface area contributed by atoms with Gasteiger partial charge in [-0.3, -0.25) is 4.79 Å². The molecule has 0 aliphatic carbocycles. The van der Waals surface area contributed by atoms with Crippen molar-refractivity contribution in [1.82, 2.24) is 15.3 Å². The second-order valence-corrected chi connectivity index (χ2v) is 7.98. The highest BCUT2D eigenvalue weighted by Gasteiger charge is 2.32. The Kier molecular flexibility index (Phi) is 6.89. The van der Waals surface area contributed by atoms with Crippen LogP contribution in [0.3, 0.4) is 0 Å². The SMILES string of the molecule is COc1cc(OCC(O)C(=O)[C@H]2C[C@@H](O)CN2)c2c(Nc3ccc(F)c(Cl)c3)ncnc2c1. The number of hydrogen-bond donors (Lipinski definition) is 4. The van der Waals surface area contributed by atoms with Gasteiger partial charge in [0.15, 0.2) is 5.78 Å². The van der Waals surface area contributed by atoms with Crippen LogP contribution < -0.4 is 20.1 Å². The number of nitrogens with zero attached hydrogens (tertiary/aromatic N) is 2. The minimum absolute atomic E-state index is 0.0521. The number of ether oxygens (including phenoxy) is 2. The summed E-state index contributed by atoms with van der Waals surface area (Å²) < 4.78 is 24.6. The number of carbonyl (C=O) groups is 1. The minimum Gasteiger partial charge on any atom is -0.497 e. The Labute approximate surface area is 193 Å². The molecule has 11 heteroatoms. The molecule has 1 aliphatic heterocycles. The number of aliphatic hydroxyl groups excluding tert-OH is 2. The van der Waals surface area contributed by atoms with E-state index in [0.717, 1.165) is 0 Å². The molecule has 2 aromatic carbocycles. The summed E-state index contributed by atoms with van der Waals surface area (Å²) in [5.41, 5.74) is 0.973. The van der Waals surface area contributed by atoms with Crippen LogP contribution in [-0.4, -0.2) is 64.5 Å². The standard InChI is InChI=1S/C22H22ClFN4O5/c1-32-13-6-16-20(22(27-10-26-16)28-11-2-3-15(24)14(23)4-11)19(7-13)33-9-18(30)21(31)17-5-12(29)8-25-17/h2-4,6-7,10,12,17-18,25,29-30H,5,8-9H2,1H3,(H,26,27,28)/t12-,17-,18?/m1/s1. The predicted molar refractivity (Wildman–Crippen MR) is 120 cm³/mol. The van der Waals surface area contributed by atoms with Gasteiger partial charge in [-0.1, -0.05) is 11.6 Å². The number of aliphatic hydroxyl groups is 2. The smallest absolute Gasteiger partial charge is 0.181 e. The number of anilines is 2. The Hall–Kier alpha value is -3.05. The number of aromatic nitrogens is 2. The molecular weight excluding hydrogens is 455 g/mol. The van der Waals surface area contributed by atoms with Crippen LogP contribution >= 0.6 is 11.6 Å². The predicted octanol–water partition coefficient (Wildman–Crippen LogP) is 2.21. The van der Waals surface area contributed by atoms with Gasteiger partial charge in [0.05, 0.1) is 35.2 Å². The first-order valence-corrected chi connectivity index (χ1v) is 10.5. The number of Topliss-reactive ketones (excluding diaryl/α,β-unsaturated/α-hetero) is 1. The Morgan fingerprint density at radius 3 is 2.88 bits per heavy atom. The zero-order valence-corrected chi connectivity index (χ0v) is 18.3. The Balaban J connectivity index is 1.62. The number of fused-ring (bicyclic) bond motifs is 1. The summed E-state index contributed by atoms with van der Waals surface area (Å²) in [6.45, 7) is -0.0314. The fraction of sp³-hybridized carbons (Fsp3) is 0.318. The van der Waals surface area contributed by atoms with E-state index in [1.165, 1.54) is 31.6 Å². The number of carbonyl (C=O) groups excluding carboxylic acids is 1. The van der Waals surface area contributed by atoms with Crippen molar-refractivity contribution in [2.45, 2.75) is 24.7 Å². The maximum atomic E-state index is 13.5. The van der Waals surface area contributed by atoms with Gasteiger partial charge in [0.25, 0.3) is 0 Å². The summed E-state index contributed by atoms with van der Waals surface area (Å²) in [6.07, 6.45) is -0.458. The summed E-state index contributed by atoms with van der Waals surface area (Å²) in [7, 11) is 1.49. The number of ketones is 1. The maximum absolute atomic E-state index is 13.5. The van der Waals surface area contributed by atoms with E-state index in [0.29, 0.717) is 34.7 Å². The third-order valence-corrected chi connectivity index (χ3v) is 5.56. The van der Waals surface area contributed by atoms with E-state index >= 15 is 0 Å². The molecule has 1 unspecified atom stereocenters. The van der Waals surface area contributed by atoms with Crippen LogP contribution in [-0.2, 0) is 4.79 Å². The molecular formula is C22H22ClFN4O5. The highest BCUT2D eigenvalue weighted by molar-refractivity contribution is 6.31. The van der Waals surface area contributed by atoms with Crippen LogP contribution in [0.5, 0.6) is 11.5 Å². The summed E-state index contributed by atoms with van der Waals surface area (Å²) >= 11 is 5.88. The van der Waals surface area contributed by atoms with Gasteiger partial charge in [0, 0.05) is 24.4 Å². The van der Waals surface area contributed by atoms with E-state index in [1.54, 1.807) is 12.1 Å². The average Bonchev–Trinajstić information content (AvgIpc) is 3.25. The lowest BCUT2D eigenvalue weighted by molar-refractivity contribution is -0.130. The molecule has 4 N–H and O–H groups in total. The first-order chi connectivity index (χ1) is 15.9. The van der Waals surface area contributed by atoms with E-state index < -0.39 is 29.9 Å². The zero-order chi connectivity index (χ0) is 23.5. The Bertz CT molecular complexity index is 1180. The van der Waals surface area contributed by atoms with E-state index in [-0.39, 0.29) is 23.8 Å². The molecule has 1 saturated heterocycles. The first-order valence-electron chi connectivity index (χ1n) is 10.2. The number of benzene rings is 2. The first kappa shape index (κ1) is 23.1. The van der Waals surface area contributed by atoms with Crippen molar-refractivity contribution < 1.29 is 28.9 Å². The fourth-order valence-electron chi connectivity index (χ4n) is 3.58. The van der Waals surface area contributed by atoms with Crippen molar-refractivity contribution in [2.75, 3.05) is 25.6 Å². The summed E-state index contributed by atoms with van der Waals surface area (Å²) in [6, 6.07) is 6.78. The van der Waals surface area contributed by atoms with Crippen LogP contribution in [0.25, 0.3) is 10.9 Å². The van der Waals surface area contributed by atoms with Crippen LogP contribution in [0.2, 0.25) is 5.02 Å². The molecule has 4 rings (SSSR count). The van der Waals surface area contributed by atoms with E-state index in [9.17, 15) is 19.4 Å². The summed E-state index contributed by atoms with van der Waals surface area (Å²) in [4.78, 5) is 21.0. The monoisotopic (exact) mass is 476 g/mol. The van der Waals surface area contributed by atoms with Crippen LogP contribution in [0.4, 0.5) is 15.9 Å². The molecule has 0 amide bonds. The van der Waals surface area contributed by atoms with Crippen molar-refractivity contribution in [2.24, 2.45) is 0 Å². The second kappa shape index (κ2) is 9.84. The highest BCUT2D eigenvalue weighted by Crippen LogP contribution is 2.36. The molecule has 1 fully saturated rings. The zero-order valence-electron chi connectivity index (χ0n) is 17.6. The highest BCUT2D eigenvalue weighted by atomic mass is 35.5. The van der Waals surface area contributed by atoms with E-state index in [4.69, 9.17) is 21.1 Å². The van der Waals surface area contributed by atoms with Gasteiger partial charge in [-0.15, -0.1) is 0 Å². The molecule has 0 spiro atoms. The lowest BCUT2D eigenvalue weighted by atomic mass is 10.1. The van der Waals surface area contributed by atoms with Gasteiger partial charge in [0.2, 0.25) is 0 Å². The summed E-state index contributed by atoms with van der Waals surface area (Å²) in [5.74, 6) is 0.0581. The molecule has 174 valence electrons. The van der Waals surface area contributed by atoms with Gasteiger partial charge in [-0.25, -0.2) is 14.4 Å². The van der Waals surface area contributed by atoms with Crippen LogP contribution in [0, 0.1) is 5.82 Å². The van der Waals surface area contributed by atoms with Gasteiger partial charge in [-0.05, 0) is 24.6 Å². The lowest BCUT2D eigenvalue weighted by Crippen LogP contribution is -2.41. The van der Waals surface area contributed by atoms with Crippen molar-refractivity contribution in [3.8, 4) is 11.5 Å². The third kappa shape index (κ3) is 5.14. The van der Waals surface area contributed by atoms with Crippen molar-refractivity contribution in [3.05, 3.63) is 47.5 Å². The normalized spacial score (nSPS) is 18.8. The van der Waals surface area contributed by atoms with Gasteiger partial charge < -0.3 is 30.3 Å². The third-order valence-electron chi connectivity index (χ3n) is 5.27. The lowest BCUT2D eigenvalue weighted by Gasteiger charge is -2.18. The number of hydrogen-bond acceptors (Lipinski definition) is 9. The molecule has 9 nitrogen and oxygen atoms in total. The average molecular weight is 477 g/mol. The van der Waals surface area contributed by atoms with Gasteiger partial charge in [-0.2, -0.15) is 0 Å². The topological polar surface area (TPSA) is 126 Å². The number of nitrogens with one attached hydrogen (secondary N) is 2. The molecule has 3 atom stereocenters. The van der Waals surface area contributed by atoms with Crippen molar-refractivity contribution >= 4 is 39.8 Å². The number of halogens is 2. The van der Waals surface area contributed by atoms with Gasteiger partial charge >= 0.3 is 0 Å². The Morgan fingerprint density at radius 1 is 1.36 bits per heavy atom. The van der Waals surface area contributed by atoms with E-state index in [1.807, 2.05) is 0 Å². The molecule has 1 aromatic heterocycles. The molecule has 1 aliphatic rings. The Morgan fingerprint density at radius 2 is 2.18 bits per heavy atom.